The molecule has 3 aromatic rings. The smallest absolute Gasteiger partial charge is 0.272 e. The summed E-state index contributed by atoms with van der Waals surface area (Å²) in [6.07, 6.45) is 3.31. The molecule has 2 aromatic carbocycles. The third-order valence-corrected chi connectivity index (χ3v) is 5.22. The predicted molar refractivity (Wildman–Crippen MR) is 112 cm³/mol. The van der Waals surface area contributed by atoms with Crippen LogP contribution >= 0.6 is 11.3 Å². The van der Waals surface area contributed by atoms with Gasteiger partial charge in [0, 0.05) is 19.2 Å². The van der Waals surface area contributed by atoms with Crippen LogP contribution in [0.25, 0.3) is 16.3 Å². The van der Waals surface area contributed by atoms with Crippen molar-refractivity contribution in [3.05, 3.63) is 70.0 Å². The van der Waals surface area contributed by atoms with Crippen molar-refractivity contribution >= 4 is 33.5 Å². The molecule has 0 atom stereocenters. The number of carbonyl (C=O) groups is 1. The van der Waals surface area contributed by atoms with Gasteiger partial charge < -0.3 is 9.30 Å². The number of amides is 1. The summed E-state index contributed by atoms with van der Waals surface area (Å²) in [5.74, 6) is -0.259. The van der Waals surface area contributed by atoms with Crippen molar-refractivity contribution < 1.29 is 9.53 Å². The molecular weight excluding hydrogens is 356 g/mol. The first kappa shape index (κ1) is 19.3. The van der Waals surface area contributed by atoms with Gasteiger partial charge in [-0.2, -0.15) is 4.99 Å². The molecule has 0 aliphatic carbocycles. The maximum Gasteiger partial charge on any atom is 0.272 e. The average Bonchev–Trinajstić information content (AvgIpc) is 2.98. The summed E-state index contributed by atoms with van der Waals surface area (Å²) in [7, 11) is 0. The first-order valence-electron chi connectivity index (χ1n) is 9.08. The van der Waals surface area contributed by atoms with E-state index in [0.29, 0.717) is 24.6 Å². The van der Waals surface area contributed by atoms with E-state index in [2.05, 4.69) is 35.5 Å². The first-order valence-corrected chi connectivity index (χ1v) is 9.90. The normalized spacial score (nSPS) is 12.3. The highest BCUT2D eigenvalue weighted by atomic mass is 32.1. The van der Waals surface area contributed by atoms with Gasteiger partial charge in [-0.05, 0) is 49.6 Å². The second kappa shape index (κ2) is 8.93. The van der Waals surface area contributed by atoms with Crippen LogP contribution in [0.3, 0.4) is 0 Å². The molecule has 27 heavy (non-hydrogen) atoms. The molecule has 0 aliphatic heterocycles. The van der Waals surface area contributed by atoms with Crippen molar-refractivity contribution in [2.75, 3.05) is 13.2 Å². The Kier molecular flexibility index (Phi) is 6.37. The van der Waals surface area contributed by atoms with Crippen LogP contribution in [0.15, 0.2) is 53.5 Å². The molecule has 1 heterocycles. The van der Waals surface area contributed by atoms with E-state index >= 15 is 0 Å². The van der Waals surface area contributed by atoms with Gasteiger partial charge in [0.1, 0.15) is 0 Å². The molecule has 3 rings (SSSR count). The number of ether oxygens (including phenoxy) is 1. The van der Waals surface area contributed by atoms with E-state index in [1.165, 1.54) is 17.2 Å². The van der Waals surface area contributed by atoms with E-state index in [4.69, 9.17) is 4.74 Å². The number of hydrogen-bond donors (Lipinski definition) is 0. The molecule has 1 aromatic heterocycles. The summed E-state index contributed by atoms with van der Waals surface area (Å²) < 4.78 is 8.77. The number of rotatable bonds is 6. The summed E-state index contributed by atoms with van der Waals surface area (Å²) in [6, 6.07) is 14.1. The molecule has 0 N–H and O–H groups in total. The summed E-state index contributed by atoms with van der Waals surface area (Å²) in [6.45, 7) is 8.10. The lowest BCUT2D eigenvalue weighted by atomic mass is 10.1. The largest absolute Gasteiger partial charge is 0.380 e. The van der Waals surface area contributed by atoms with Crippen molar-refractivity contribution in [2.45, 2.75) is 27.3 Å². The van der Waals surface area contributed by atoms with Gasteiger partial charge in [-0.3, -0.25) is 4.79 Å². The van der Waals surface area contributed by atoms with E-state index in [9.17, 15) is 4.79 Å². The van der Waals surface area contributed by atoms with Gasteiger partial charge in [0.25, 0.3) is 5.91 Å². The quantitative estimate of drug-likeness (QED) is 0.467. The lowest BCUT2D eigenvalue weighted by molar-refractivity contribution is -0.113. The van der Waals surface area contributed by atoms with Gasteiger partial charge in [0.2, 0.25) is 0 Å². The minimum atomic E-state index is -0.259. The number of hydrogen-bond acceptors (Lipinski definition) is 3. The third kappa shape index (κ3) is 4.81. The summed E-state index contributed by atoms with van der Waals surface area (Å²) in [4.78, 5) is 17.5. The van der Waals surface area contributed by atoms with Crippen LogP contribution < -0.4 is 4.80 Å². The Morgan fingerprint density at radius 3 is 2.74 bits per heavy atom. The number of aryl methyl sites for hydroxylation is 2. The summed E-state index contributed by atoms with van der Waals surface area (Å²) in [5, 5.41) is 0. The van der Waals surface area contributed by atoms with E-state index in [1.807, 2.05) is 37.3 Å². The fraction of sp³-hybridized carbons (Fsp3) is 0.273. The van der Waals surface area contributed by atoms with E-state index < -0.39 is 0 Å². The van der Waals surface area contributed by atoms with Crippen LogP contribution in [-0.2, 0) is 16.1 Å². The Morgan fingerprint density at radius 2 is 2.00 bits per heavy atom. The minimum Gasteiger partial charge on any atom is -0.380 e. The molecule has 0 spiro atoms. The highest BCUT2D eigenvalue weighted by molar-refractivity contribution is 7.16. The number of fused-ring (bicyclic) bond motifs is 1. The van der Waals surface area contributed by atoms with Crippen molar-refractivity contribution in [1.29, 1.82) is 0 Å². The van der Waals surface area contributed by atoms with Gasteiger partial charge in [0.05, 0.1) is 16.8 Å². The molecule has 4 nitrogen and oxygen atoms in total. The second-order valence-electron chi connectivity index (χ2n) is 6.36. The summed E-state index contributed by atoms with van der Waals surface area (Å²) >= 11 is 1.55. The predicted octanol–water partition coefficient (Wildman–Crippen LogP) is 4.50. The number of nitrogens with zero attached hydrogens (tertiary/aromatic N) is 2. The molecule has 5 heteroatoms. The number of benzene rings is 2. The van der Waals surface area contributed by atoms with Crippen molar-refractivity contribution in [2.24, 2.45) is 4.99 Å². The molecule has 140 valence electrons. The van der Waals surface area contributed by atoms with Gasteiger partial charge in [-0.1, -0.05) is 47.7 Å². The van der Waals surface area contributed by atoms with Gasteiger partial charge >= 0.3 is 0 Å². The zero-order valence-electron chi connectivity index (χ0n) is 15.9. The Hall–Kier alpha value is -2.50. The van der Waals surface area contributed by atoms with Crippen LogP contribution in [0, 0.1) is 13.8 Å². The Labute approximate surface area is 163 Å². The lowest BCUT2D eigenvalue weighted by Crippen LogP contribution is -2.19. The van der Waals surface area contributed by atoms with Crippen LogP contribution in [0.4, 0.5) is 0 Å². The highest BCUT2D eigenvalue weighted by Gasteiger charge is 2.10. The zero-order chi connectivity index (χ0) is 19.2. The molecule has 1 amide bonds. The molecular formula is C22H24N2O2S. The SMILES string of the molecule is CCOCCn1c(=NC(=O)/C=C/c2ccccc2)sc2cc(C)cc(C)c21. The second-order valence-corrected chi connectivity index (χ2v) is 7.36. The third-order valence-electron chi connectivity index (χ3n) is 4.20. The molecule has 0 fully saturated rings. The van der Waals surface area contributed by atoms with Crippen LogP contribution in [-0.4, -0.2) is 23.7 Å². The van der Waals surface area contributed by atoms with Gasteiger partial charge in [0.15, 0.2) is 4.80 Å². The topological polar surface area (TPSA) is 43.6 Å². The fourth-order valence-electron chi connectivity index (χ4n) is 3.05. The molecule has 0 unspecified atom stereocenters. The Bertz CT molecular complexity index is 1030. The van der Waals surface area contributed by atoms with E-state index in [1.54, 1.807) is 17.4 Å². The zero-order valence-corrected chi connectivity index (χ0v) is 16.8. The van der Waals surface area contributed by atoms with Gasteiger partial charge in [-0.15, -0.1) is 0 Å². The molecule has 0 aliphatic rings. The van der Waals surface area contributed by atoms with Crippen molar-refractivity contribution in [1.82, 2.24) is 4.57 Å². The lowest BCUT2D eigenvalue weighted by Gasteiger charge is -2.08. The van der Waals surface area contributed by atoms with Crippen molar-refractivity contribution in [3.8, 4) is 0 Å². The van der Waals surface area contributed by atoms with Crippen LogP contribution in [0.1, 0.15) is 23.6 Å². The van der Waals surface area contributed by atoms with Gasteiger partial charge in [-0.25, -0.2) is 0 Å². The van der Waals surface area contributed by atoms with Crippen LogP contribution in [0.2, 0.25) is 0 Å². The minimum absolute atomic E-state index is 0.259. The average molecular weight is 381 g/mol. The first-order chi connectivity index (χ1) is 13.1. The molecule has 0 radical (unpaired) electrons. The highest BCUT2D eigenvalue weighted by Crippen LogP contribution is 2.23. The summed E-state index contributed by atoms with van der Waals surface area (Å²) in [5.41, 5.74) is 4.50. The maximum absolute atomic E-state index is 12.4. The van der Waals surface area contributed by atoms with Crippen molar-refractivity contribution in [3.63, 3.8) is 0 Å². The van der Waals surface area contributed by atoms with E-state index in [-0.39, 0.29) is 5.91 Å². The molecule has 0 saturated carbocycles. The number of thiazole rings is 1. The standard InChI is InChI=1S/C22H24N2O2S/c1-4-26-13-12-24-21-17(3)14-16(2)15-19(21)27-22(24)23-20(25)11-10-18-8-6-5-7-9-18/h5-11,14-15H,4,12-13H2,1-3H3/b11-10+,23-22?. The monoisotopic (exact) mass is 380 g/mol. The Morgan fingerprint density at radius 1 is 1.22 bits per heavy atom. The Balaban J connectivity index is 1.99. The number of aromatic nitrogens is 1. The maximum atomic E-state index is 12.4. The van der Waals surface area contributed by atoms with Crippen LogP contribution in [0.5, 0.6) is 0 Å². The molecule has 0 saturated heterocycles. The van der Waals surface area contributed by atoms with E-state index in [0.717, 1.165) is 15.8 Å². The number of carbonyl (C=O) groups excluding carboxylic acids is 1. The fourth-order valence-corrected chi connectivity index (χ4v) is 4.29. The molecule has 0 bridgehead atoms.